The fourth-order valence-corrected chi connectivity index (χ4v) is 0.924. The van der Waals surface area contributed by atoms with Crippen LogP contribution in [0.1, 0.15) is 6.30 Å². The maximum atomic E-state index is 12.9. The third-order valence-corrected chi connectivity index (χ3v) is 1.58. The third-order valence-electron chi connectivity index (χ3n) is 1.58. The van der Waals surface area contributed by atoms with E-state index in [1.807, 2.05) is 0 Å². The highest BCUT2D eigenvalue weighted by molar-refractivity contribution is 5.69. The first-order valence-corrected chi connectivity index (χ1v) is 3.89. The molecule has 2 heterocycles. The molecule has 0 saturated carbocycles. The minimum absolute atomic E-state index is 0.0314. The van der Waals surface area contributed by atoms with Crippen molar-refractivity contribution in [1.29, 1.82) is 0 Å². The minimum atomic E-state index is -2.35. The number of tetrazole rings is 1. The predicted molar refractivity (Wildman–Crippen MR) is 43.3 cm³/mol. The van der Waals surface area contributed by atoms with E-state index < -0.39 is 12.3 Å². The first kappa shape index (κ1) is 9.31. The summed E-state index contributed by atoms with van der Waals surface area (Å²) in [6.45, 7) is 0. The van der Waals surface area contributed by atoms with Gasteiger partial charge in [0.15, 0.2) is 5.76 Å². The summed E-state index contributed by atoms with van der Waals surface area (Å²) in [5.41, 5.74) is 0. The van der Waals surface area contributed by atoms with Crippen LogP contribution in [0.3, 0.4) is 0 Å². The number of furan rings is 1. The van der Waals surface area contributed by atoms with Gasteiger partial charge in [-0.2, -0.15) is 0 Å². The smallest absolute Gasteiger partial charge is 0.363 e. The summed E-state index contributed by atoms with van der Waals surface area (Å²) in [6, 6.07) is 3.15. The van der Waals surface area contributed by atoms with Gasteiger partial charge in [0.05, 0.1) is 6.26 Å². The molecule has 2 rings (SSSR count). The Morgan fingerprint density at radius 1 is 1.67 bits per heavy atom. The second-order valence-corrected chi connectivity index (χ2v) is 2.58. The van der Waals surface area contributed by atoms with Crippen LogP contribution in [0.4, 0.5) is 4.39 Å². The minimum Gasteiger partial charge on any atom is -0.478 e. The van der Waals surface area contributed by atoms with Crippen molar-refractivity contribution in [3.8, 4) is 11.6 Å². The maximum Gasteiger partial charge on any atom is 0.363 e. The highest BCUT2D eigenvalue weighted by Gasteiger charge is 2.22. The standard InChI is InChI=1S/C7H5FN4O3/c8-5(7(13)14)12-10-6(9-11-12)4-2-1-3-15-4/h1-3,5H,(H,13,14). The third kappa shape index (κ3) is 1.68. The van der Waals surface area contributed by atoms with E-state index in [1.165, 1.54) is 6.26 Å². The lowest BCUT2D eigenvalue weighted by molar-refractivity contribution is -0.147. The molecule has 1 atom stereocenters. The zero-order valence-electron chi connectivity index (χ0n) is 7.24. The van der Waals surface area contributed by atoms with E-state index in [-0.39, 0.29) is 5.82 Å². The number of halogens is 1. The first-order chi connectivity index (χ1) is 7.18. The fraction of sp³-hybridized carbons (Fsp3) is 0.143. The van der Waals surface area contributed by atoms with Gasteiger partial charge in [-0.1, -0.05) is 0 Å². The SMILES string of the molecule is O=C(O)C(F)n1nnc(-c2ccco2)n1. The predicted octanol–water partition coefficient (Wildman–Crippen LogP) is 0.486. The summed E-state index contributed by atoms with van der Waals surface area (Å²) >= 11 is 0. The van der Waals surface area contributed by atoms with Crippen LogP contribution >= 0.6 is 0 Å². The Morgan fingerprint density at radius 3 is 3.07 bits per heavy atom. The number of carbonyl (C=O) groups is 1. The van der Waals surface area contributed by atoms with Gasteiger partial charge in [-0.3, -0.25) is 0 Å². The Labute approximate surface area is 82.1 Å². The molecule has 0 saturated heterocycles. The van der Waals surface area contributed by atoms with Crippen LogP contribution in [-0.2, 0) is 4.79 Å². The first-order valence-electron chi connectivity index (χ1n) is 3.89. The van der Waals surface area contributed by atoms with E-state index >= 15 is 0 Å². The molecular weight excluding hydrogens is 207 g/mol. The van der Waals surface area contributed by atoms with Gasteiger partial charge in [0.1, 0.15) is 0 Å². The van der Waals surface area contributed by atoms with Crippen LogP contribution in [0.2, 0.25) is 0 Å². The molecule has 78 valence electrons. The van der Waals surface area contributed by atoms with Crippen molar-refractivity contribution in [1.82, 2.24) is 20.2 Å². The molecule has 0 radical (unpaired) electrons. The van der Waals surface area contributed by atoms with Crippen LogP contribution in [0.15, 0.2) is 22.8 Å². The van der Waals surface area contributed by atoms with Crippen molar-refractivity contribution in [2.45, 2.75) is 6.30 Å². The highest BCUT2D eigenvalue weighted by atomic mass is 19.1. The van der Waals surface area contributed by atoms with Crippen molar-refractivity contribution in [3.63, 3.8) is 0 Å². The van der Waals surface area contributed by atoms with Gasteiger partial charge in [-0.15, -0.1) is 15.0 Å². The molecule has 2 aromatic rings. The zero-order chi connectivity index (χ0) is 10.8. The van der Waals surface area contributed by atoms with Gasteiger partial charge in [-0.25, -0.2) is 9.18 Å². The van der Waals surface area contributed by atoms with E-state index in [4.69, 9.17) is 9.52 Å². The summed E-state index contributed by atoms with van der Waals surface area (Å²) in [4.78, 5) is 10.6. The molecule has 0 aliphatic carbocycles. The molecule has 0 bridgehead atoms. The van der Waals surface area contributed by atoms with Crippen LogP contribution in [0.25, 0.3) is 11.6 Å². The Bertz CT molecular complexity index is 466. The molecule has 0 amide bonds. The van der Waals surface area contributed by atoms with Crippen molar-refractivity contribution in [3.05, 3.63) is 18.4 Å². The Morgan fingerprint density at radius 2 is 2.47 bits per heavy atom. The number of hydrogen-bond acceptors (Lipinski definition) is 5. The molecule has 15 heavy (non-hydrogen) atoms. The monoisotopic (exact) mass is 212 g/mol. The molecule has 2 aromatic heterocycles. The summed E-state index contributed by atoms with van der Waals surface area (Å²) < 4.78 is 17.8. The molecule has 0 aromatic carbocycles. The molecular formula is C7H5FN4O3. The van der Waals surface area contributed by atoms with Crippen molar-refractivity contribution < 1.29 is 18.7 Å². The second kappa shape index (κ2) is 3.48. The molecule has 8 heteroatoms. The number of aromatic nitrogens is 4. The van der Waals surface area contributed by atoms with E-state index in [9.17, 15) is 9.18 Å². The van der Waals surface area contributed by atoms with E-state index in [0.717, 1.165) is 0 Å². The van der Waals surface area contributed by atoms with Gasteiger partial charge >= 0.3 is 12.3 Å². The molecule has 7 nitrogen and oxygen atoms in total. The lowest BCUT2D eigenvalue weighted by atomic mass is 10.4. The lowest BCUT2D eigenvalue weighted by Gasteiger charge is -1.97. The van der Waals surface area contributed by atoms with Crippen molar-refractivity contribution in [2.24, 2.45) is 0 Å². The van der Waals surface area contributed by atoms with Crippen LogP contribution in [0.5, 0.6) is 0 Å². The van der Waals surface area contributed by atoms with Gasteiger partial charge in [-0.05, 0) is 17.3 Å². The second-order valence-electron chi connectivity index (χ2n) is 2.58. The number of alkyl halides is 1. The fourth-order valence-electron chi connectivity index (χ4n) is 0.924. The van der Waals surface area contributed by atoms with Gasteiger partial charge in [0, 0.05) is 0 Å². The number of carboxylic acid groups (broad SMARTS) is 1. The van der Waals surface area contributed by atoms with E-state index in [1.54, 1.807) is 12.1 Å². The Kier molecular flexibility index (Phi) is 2.16. The molecule has 0 fully saturated rings. The average Bonchev–Trinajstić information content (AvgIpc) is 2.86. The number of nitrogens with zero attached hydrogens (tertiary/aromatic N) is 4. The lowest BCUT2D eigenvalue weighted by Crippen LogP contribution is -2.16. The quantitative estimate of drug-likeness (QED) is 0.795. The molecule has 0 aliphatic rings. The highest BCUT2D eigenvalue weighted by Crippen LogP contribution is 2.14. The van der Waals surface area contributed by atoms with Crippen molar-refractivity contribution in [2.75, 3.05) is 0 Å². The van der Waals surface area contributed by atoms with E-state index in [0.29, 0.717) is 10.6 Å². The number of rotatable bonds is 3. The van der Waals surface area contributed by atoms with Gasteiger partial charge < -0.3 is 9.52 Å². The number of aliphatic carboxylic acids is 1. The van der Waals surface area contributed by atoms with Crippen LogP contribution < -0.4 is 0 Å². The Hall–Kier alpha value is -2.25. The number of hydrogen-bond donors (Lipinski definition) is 1. The van der Waals surface area contributed by atoms with Crippen LogP contribution in [-0.4, -0.2) is 31.3 Å². The molecule has 1 unspecified atom stereocenters. The summed E-state index contributed by atoms with van der Waals surface area (Å²) in [6.07, 6.45) is -0.957. The number of carboxylic acids is 1. The summed E-state index contributed by atoms with van der Waals surface area (Å²) in [5.74, 6) is -1.36. The molecule has 0 spiro atoms. The Balaban J connectivity index is 2.28. The van der Waals surface area contributed by atoms with Crippen LogP contribution in [0, 0.1) is 0 Å². The molecule has 1 N–H and O–H groups in total. The zero-order valence-corrected chi connectivity index (χ0v) is 7.24. The summed E-state index contributed by atoms with van der Waals surface area (Å²) in [7, 11) is 0. The summed E-state index contributed by atoms with van der Waals surface area (Å²) in [5, 5.41) is 18.6. The largest absolute Gasteiger partial charge is 0.478 e. The van der Waals surface area contributed by atoms with Crippen molar-refractivity contribution >= 4 is 5.97 Å². The van der Waals surface area contributed by atoms with Gasteiger partial charge in [0.25, 0.3) is 0 Å². The van der Waals surface area contributed by atoms with E-state index in [2.05, 4.69) is 15.4 Å². The topological polar surface area (TPSA) is 94.0 Å². The maximum absolute atomic E-state index is 12.9. The van der Waals surface area contributed by atoms with Gasteiger partial charge in [0.2, 0.25) is 5.82 Å². The average molecular weight is 212 g/mol. The molecule has 0 aliphatic heterocycles. The normalized spacial score (nSPS) is 12.6.